The van der Waals surface area contributed by atoms with E-state index >= 15 is 0 Å². The maximum Gasteiger partial charge on any atom is 0.328 e. The van der Waals surface area contributed by atoms with Crippen molar-refractivity contribution in [2.45, 2.75) is 77.0 Å². The highest BCUT2D eigenvalue weighted by Crippen LogP contribution is 2.12. The summed E-state index contributed by atoms with van der Waals surface area (Å²) in [6.45, 7) is 0.466. The fourth-order valence-corrected chi connectivity index (χ4v) is 2.46. The Bertz CT molecular complexity index is 359. The van der Waals surface area contributed by atoms with Gasteiger partial charge >= 0.3 is 5.97 Å². The molecule has 4 heteroatoms. The van der Waals surface area contributed by atoms with Gasteiger partial charge in [-0.1, -0.05) is 88.2 Å². The smallest absolute Gasteiger partial charge is 0.328 e. The van der Waals surface area contributed by atoms with Gasteiger partial charge in [0.05, 0.1) is 6.61 Å². The summed E-state index contributed by atoms with van der Waals surface area (Å²) < 4.78 is 0. The Hall–Kier alpha value is -1.39. The molecule has 0 radical (unpaired) electrons. The molecule has 0 saturated heterocycles. The largest absolute Gasteiger partial charge is 0.478 e. The van der Waals surface area contributed by atoms with E-state index < -0.39 is 5.97 Å². The van der Waals surface area contributed by atoms with Crippen molar-refractivity contribution >= 4 is 5.97 Å². The van der Waals surface area contributed by atoms with Gasteiger partial charge in [0.1, 0.15) is 0 Å². The van der Waals surface area contributed by atoms with E-state index in [4.69, 9.17) is 10.4 Å². The van der Waals surface area contributed by atoms with Gasteiger partial charge in [0.25, 0.3) is 0 Å². The molecule has 138 valence electrons. The molecule has 2 N–H and O–H groups in total. The van der Waals surface area contributed by atoms with Crippen LogP contribution in [0.15, 0.2) is 36.5 Å². The van der Waals surface area contributed by atoms with Crippen LogP contribution in [0.1, 0.15) is 77.0 Å². The Morgan fingerprint density at radius 1 is 0.708 bits per heavy atom. The van der Waals surface area contributed by atoms with Gasteiger partial charge < -0.3 is 5.11 Å². The summed E-state index contributed by atoms with van der Waals surface area (Å²) in [5.41, 5.74) is 0. The minimum atomic E-state index is -0.920. The van der Waals surface area contributed by atoms with E-state index in [0.29, 0.717) is 6.61 Å². The lowest BCUT2D eigenvalue weighted by Crippen LogP contribution is -1.88. The summed E-state index contributed by atoms with van der Waals surface area (Å²) in [4.78, 5) is 14.3. The van der Waals surface area contributed by atoms with Crippen LogP contribution < -0.4 is 0 Å². The van der Waals surface area contributed by atoms with E-state index in [1.54, 1.807) is 6.08 Å². The number of hydrogen-bond donors (Lipinski definition) is 2. The molecule has 0 saturated carbocycles. The summed E-state index contributed by atoms with van der Waals surface area (Å²) in [5, 5.41) is 16.6. The van der Waals surface area contributed by atoms with Crippen molar-refractivity contribution in [2.24, 2.45) is 0 Å². The molecule has 0 bridgehead atoms. The lowest BCUT2D eigenvalue weighted by atomic mass is 10.1. The minimum absolute atomic E-state index is 0.466. The minimum Gasteiger partial charge on any atom is -0.478 e. The highest BCUT2D eigenvalue weighted by Gasteiger charge is 1.93. The van der Waals surface area contributed by atoms with Crippen LogP contribution in [0.5, 0.6) is 0 Å². The monoisotopic (exact) mass is 338 g/mol. The Kier molecular flexibility index (Phi) is 18.5. The number of carbonyl (C=O) groups is 1. The Balaban J connectivity index is 3.18. The highest BCUT2D eigenvalue weighted by molar-refractivity contribution is 5.80. The molecule has 0 aromatic heterocycles. The lowest BCUT2D eigenvalue weighted by molar-refractivity contribution is -0.242. The average Bonchev–Trinajstić information content (AvgIpc) is 2.56. The van der Waals surface area contributed by atoms with Crippen molar-refractivity contribution in [3.63, 3.8) is 0 Å². The van der Waals surface area contributed by atoms with E-state index in [9.17, 15) is 4.79 Å². The van der Waals surface area contributed by atoms with Crippen molar-refractivity contribution in [1.29, 1.82) is 0 Å². The topological polar surface area (TPSA) is 66.8 Å². The molecule has 0 spiro atoms. The first-order valence-electron chi connectivity index (χ1n) is 9.26. The summed E-state index contributed by atoms with van der Waals surface area (Å²) in [6, 6.07) is 0. The van der Waals surface area contributed by atoms with Gasteiger partial charge in [-0.2, -0.15) is 0 Å². The number of aliphatic carboxylic acids is 1. The van der Waals surface area contributed by atoms with E-state index in [0.717, 1.165) is 25.3 Å². The van der Waals surface area contributed by atoms with Crippen LogP contribution >= 0.6 is 0 Å². The normalized spacial score (nSPS) is 12.0. The standard InChI is InChI=1S/C20H34O4/c21-20(22)18-16-14-12-10-8-6-4-2-1-3-5-7-9-11-13-15-17-19-24-23/h8,10,12,14,16,18,23H,1-7,9,11,13,15,17,19H2,(H,21,22)/b10-8+,14-12+,18-16+. The van der Waals surface area contributed by atoms with E-state index in [2.05, 4.69) is 11.0 Å². The first kappa shape index (κ1) is 22.6. The number of carboxylic acid groups (broad SMARTS) is 1. The quantitative estimate of drug-likeness (QED) is 0.114. The van der Waals surface area contributed by atoms with Gasteiger partial charge in [0, 0.05) is 6.08 Å². The average molecular weight is 338 g/mol. The van der Waals surface area contributed by atoms with Crippen LogP contribution in [-0.2, 0) is 9.68 Å². The molecule has 0 rings (SSSR count). The van der Waals surface area contributed by atoms with Gasteiger partial charge in [-0.15, -0.1) is 0 Å². The molecule has 0 amide bonds. The molecule has 0 aromatic carbocycles. The molecule has 0 aliphatic rings. The fourth-order valence-electron chi connectivity index (χ4n) is 2.46. The number of hydrogen-bond acceptors (Lipinski definition) is 3. The van der Waals surface area contributed by atoms with Gasteiger partial charge in [0.15, 0.2) is 0 Å². The molecule has 4 nitrogen and oxygen atoms in total. The van der Waals surface area contributed by atoms with Crippen molar-refractivity contribution in [3.05, 3.63) is 36.5 Å². The Morgan fingerprint density at radius 3 is 1.75 bits per heavy atom. The van der Waals surface area contributed by atoms with Crippen LogP contribution in [0.2, 0.25) is 0 Å². The molecule has 0 fully saturated rings. The Morgan fingerprint density at radius 2 is 1.21 bits per heavy atom. The van der Waals surface area contributed by atoms with Crippen molar-refractivity contribution in [2.75, 3.05) is 6.61 Å². The van der Waals surface area contributed by atoms with Crippen LogP contribution in [0.4, 0.5) is 0 Å². The van der Waals surface area contributed by atoms with Gasteiger partial charge in [0.2, 0.25) is 0 Å². The molecule has 0 unspecified atom stereocenters. The van der Waals surface area contributed by atoms with Crippen molar-refractivity contribution in [1.82, 2.24) is 0 Å². The molecule has 0 atom stereocenters. The van der Waals surface area contributed by atoms with Crippen molar-refractivity contribution < 1.29 is 20.0 Å². The SMILES string of the molecule is O=C(O)/C=C/C=C/C=C/CCCCCCCCCCCCCOO. The van der Waals surface area contributed by atoms with E-state index in [-0.39, 0.29) is 0 Å². The molecule has 0 aliphatic carbocycles. The number of carboxylic acids is 1. The molecular formula is C20H34O4. The van der Waals surface area contributed by atoms with Crippen molar-refractivity contribution in [3.8, 4) is 0 Å². The third kappa shape index (κ3) is 20.6. The molecular weight excluding hydrogens is 304 g/mol. The fraction of sp³-hybridized carbons (Fsp3) is 0.650. The summed E-state index contributed by atoms with van der Waals surface area (Å²) in [6.07, 6.45) is 25.2. The summed E-state index contributed by atoms with van der Waals surface area (Å²) >= 11 is 0. The summed E-state index contributed by atoms with van der Waals surface area (Å²) in [5.74, 6) is -0.920. The molecule has 0 heterocycles. The van der Waals surface area contributed by atoms with Crippen LogP contribution in [-0.4, -0.2) is 22.9 Å². The zero-order valence-electron chi connectivity index (χ0n) is 14.9. The molecule has 0 aliphatic heterocycles. The predicted molar refractivity (Wildman–Crippen MR) is 99.0 cm³/mol. The first-order chi connectivity index (χ1) is 11.8. The highest BCUT2D eigenvalue weighted by atomic mass is 17.1. The number of unbranched alkanes of at least 4 members (excludes halogenated alkanes) is 11. The van der Waals surface area contributed by atoms with Crippen LogP contribution in [0, 0.1) is 0 Å². The number of rotatable bonds is 17. The maximum absolute atomic E-state index is 10.2. The van der Waals surface area contributed by atoms with Crippen LogP contribution in [0.3, 0.4) is 0 Å². The predicted octanol–water partition coefficient (Wildman–Crippen LogP) is 5.91. The second kappa shape index (κ2) is 19.7. The number of allylic oxidation sites excluding steroid dienone is 5. The second-order valence-corrected chi connectivity index (χ2v) is 6.02. The van der Waals surface area contributed by atoms with Gasteiger partial charge in [-0.25, -0.2) is 9.68 Å². The zero-order chi connectivity index (χ0) is 17.7. The maximum atomic E-state index is 10.2. The molecule has 0 aromatic rings. The molecule has 24 heavy (non-hydrogen) atoms. The Labute approximate surface area is 146 Å². The van der Waals surface area contributed by atoms with Gasteiger partial charge in [-0.3, -0.25) is 5.26 Å². The second-order valence-electron chi connectivity index (χ2n) is 6.02. The third-order valence-electron chi connectivity index (χ3n) is 3.81. The van der Waals surface area contributed by atoms with E-state index in [1.807, 2.05) is 12.2 Å². The lowest BCUT2D eigenvalue weighted by Gasteiger charge is -2.02. The third-order valence-corrected chi connectivity index (χ3v) is 3.81. The first-order valence-corrected chi connectivity index (χ1v) is 9.26. The van der Waals surface area contributed by atoms with E-state index in [1.165, 1.54) is 63.9 Å². The zero-order valence-corrected chi connectivity index (χ0v) is 14.9. The van der Waals surface area contributed by atoms with Gasteiger partial charge in [-0.05, 0) is 19.3 Å². The summed E-state index contributed by atoms with van der Waals surface area (Å²) in [7, 11) is 0. The van der Waals surface area contributed by atoms with Crippen LogP contribution in [0.25, 0.3) is 0 Å².